The van der Waals surface area contributed by atoms with Gasteiger partial charge in [-0.2, -0.15) is 0 Å². The molecule has 76 valence electrons. The molecule has 4 nitrogen and oxygen atoms in total. The quantitative estimate of drug-likeness (QED) is 0.712. The average Bonchev–Trinajstić information content (AvgIpc) is 2.57. The van der Waals surface area contributed by atoms with Crippen molar-refractivity contribution in [2.45, 2.75) is 0 Å². The van der Waals surface area contributed by atoms with Gasteiger partial charge in [-0.05, 0) is 23.3 Å². The van der Waals surface area contributed by atoms with Gasteiger partial charge in [0.1, 0.15) is 0 Å². The van der Waals surface area contributed by atoms with Gasteiger partial charge in [0.05, 0.1) is 11.0 Å². The second-order valence-corrected chi connectivity index (χ2v) is 3.25. The fraction of sp³-hybridized carbons (Fsp3) is 0.0909. The third-order valence-corrected chi connectivity index (χ3v) is 2.17. The average molecular weight is 201 g/mol. The Hall–Kier alpha value is -2.10. The smallest absolute Gasteiger partial charge is 0.306 e. The molecule has 0 fully saturated rings. The van der Waals surface area contributed by atoms with E-state index in [1.807, 2.05) is 18.2 Å². The number of aromatic nitrogens is 2. The van der Waals surface area contributed by atoms with E-state index in [0.29, 0.717) is 0 Å². The molecule has 0 spiro atoms. The number of aliphatic imine (C=N–C) groups is 1. The zero-order valence-electron chi connectivity index (χ0n) is 8.37. The maximum Gasteiger partial charge on any atom is 0.323 e. The summed E-state index contributed by atoms with van der Waals surface area (Å²) in [5.74, 6) is 0. The fourth-order valence-corrected chi connectivity index (χ4v) is 1.46. The number of benzene rings is 1. The van der Waals surface area contributed by atoms with E-state index >= 15 is 0 Å². The largest absolute Gasteiger partial charge is 0.323 e. The summed E-state index contributed by atoms with van der Waals surface area (Å²) in [4.78, 5) is 20.3. The molecule has 15 heavy (non-hydrogen) atoms. The van der Waals surface area contributed by atoms with Crippen molar-refractivity contribution in [1.82, 2.24) is 9.97 Å². The Morgan fingerprint density at radius 1 is 1.40 bits per heavy atom. The molecule has 2 N–H and O–H groups in total. The van der Waals surface area contributed by atoms with E-state index in [0.717, 1.165) is 22.2 Å². The van der Waals surface area contributed by atoms with Crippen LogP contribution in [0.5, 0.6) is 0 Å². The second-order valence-electron chi connectivity index (χ2n) is 3.25. The number of hydrogen-bond acceptors (Lipinski definition) is 2. The van der Waals surface area contributed by atoms with Crippen LogP contribution in [-0.4, -0.2) is 23.2 Å². The first-order valence-corrected chi connectivity index (χ1v) is 4.54. The molecule has 1 aromatic carbocycles. The molecular formula is C11H11N3O. The van der Waals surface area contributed by atoms with Crippen LogP contribution in [0.4, 0.5) is 0 Å². The SMILES string of the molecule is C=C(/C=N\C)c1ccc2[nH]c(=O)[nH]c2c1. The van der Waals surface area contributed by atoms with Crippen LogP contribution in [0.3, 0.4) is 0 Å². The Balaban J connectivity index is 2.55. The zero-order chi connectivity index (χ0) is 10.8. The molecular weight excluding hydrogens is 190 g/mol. The van der Waals surface area contributed by atoms with Gasteiger partial charge in [-0.1, -0.05) is 12.6 Å². The molecule has 0 unspecified atom stereocenters. The zero-order valence-corrected chi connectivity index (χ0v) is 8.37. The molecule has 0 aliphatic carbocycles. The molecule has 0 aliphatic rings. The summed E-state index contributed by atoms with van der Waals surface area (Å²) in [6.07, 6.45) is 1.69. The van der Waals surface area contributed by atoms with Crippen LogP contribution in [0.2, 0.25) is 0 Å². The molecule has 0 aliphatic heterocycles. The Kier molecular flexibility index (Phi) is 2.25. The summed E-state index contributed by atoms with van der Waals surface area (Å²) in [6.45, 7) is 3.88. The predicted molar refractivity (Wildman–Crippen MR) is 62.4 cm³/mol. The van der Waals surface area contributed by atoms with Gasteiger partial charge in [0.2, 0.25) is 0 Å². The highest BCUT2D eigenvalue weighted by Crippen LogP contribution is 2.15. The van der Waals surface area contributed by atoms with Crippen molar-refractivity contribution < 1.29 is 0 Å². The Morgan fingerprint density at radius 2 is 2.13 bits per heavy atom. The maximum atomic E-state index is 11.0. The highest BCUT2D eigenvalue weighted by molar-refractivity contribution is 6.09. The lowest BCUT2D eigenvalue weighted by molar-refractivity contribution is 1.21. The van der Waals surface area contributed by atoms with Crippen LogP contribution in [0.15, 0.2) is 34.6 Å². The van der Waals surface area contributed by atoms with Crippen molar-refractivity contribution in [3.63, 3.8) is 0 Å². The molecule has 4 heteroatoms. The lowest BCUT2D eigenvalue weighted by atomic mass is 10.1. The molecule has 1 heterocycles. The second kappa shape index (κ2) is 3.57. The number of rotatable bonds is 2. The summed E-state index contributed by atoms with van der Waals surface area (Å²) in [7, 11) is 1.70. The van der Waals surface area contributed by atoms with Gasteiger partial charge in [-0.25, -0.2) is 4.79 Å². The van der Waals surface area contributed by atoms with Gasteiger partial charge in [-0.15, -0.1) is 0 Å². The van der Waals surface area contributed by atoms with E-state index in [9.17, 15) is 4.79 Å². The number of allylic oxidation sites excluding steroid dienone is 1. The molecule has 0 saturated carbocycles. The maximum absolute atomic E-state index is 11.0. The summed E-state index contributed by atoms with van der Waals surface area (Å²) in [6, 6.07) is 5.62. The van der Waals surface area contributed by atoms with E-state index in [-0.39, 0.29) is 5.69 Å². The summed E-state index contributed by atoms with van der Waals surface area (Å²) >= 11 is 0. The van der Waals surface area contributed by atoms with Crippen molar-refractivity contribution in [2.75, 3.05) is 7.05 Å². The number of aromatic amines is 2. The van der Waals surface area contributed by atoms with Crippen LogP contribution in [0.25, 0.3) is 16.6 Å². The molecule has 2 aromatic rings. The molecule has 0 bridgehead atoms. The van der Waals surface area contributed by atoms with E-state index in [1.165, 1.54) is 0 Å². The minimum atomic E-state index is -0.197. The minimum Gasteiger partial charge on any atom is -0.306 e. The van der Waals surface area contributed by atoms with Crippen LogP contribution in [0.1, 0.15) is 5.56 Å². The number of imidazole rings is 1. The number of nitrogens with zero attached hydrogens (tertiary/aromatic N) is 1. The van der Waals surface area contributed by atoms with Crippen molar-refractivity contribution in [3.8, 4) is 0 Å². The van der Waals surface area contributed by atoms with Gasteiger partial charge in [0.15, 0.2) is 0 Å². The Bertz CT molecular complexity index is 589. The molecule has 0 atom stereocenters. The van der Waals surface area contributed by atoms with Gasteiger partial charge in [0.25, 0.3) is 0 Å². The normalized spacial score (nSPS) is 11.3. The molecule has 0 amide bonds. The molecule has 0 saturated heterocycles. The van der Waals surface area contributed by atoms with Crippen molar-refractivity contribution in [2.24, 2.45) is 4.99 Å². The fourth-order valence-electron chi connectivity index (χ4n) is 1.46. The standard InChI is InChI=1S/C11H11N3O/c1-7(6-12-2)8-3-4-9-10(5-8)14-11(15)13-9/h3-6H,1H2,2H3,(H2,13,14,15)/b12-6-. The molecule has 1 aromatic heterocycles. The van der Waals surface area contributed by atoms with Crippen molar-refractivity contribution in [3.05, 3.63) is 40.8 Å². The lowest BCUT2D eigenvalue weighted by Crippen LogP contribution is -1.99. The Morgan fingerprint density at radius 3 is 2.87 bits per heavy atom. The Labute approximate surface area is 86.4 Å². The number of H-pyrrole nitrogens is 2. The van der Waals surface area contributed by atoms with Gasteiger partial charge in [0, 0.05) is 13.3 Å². The highest BCUT2D eigenvalue weighted by Gasteiger charge is 2.00. The van der Waals surface area contributed by atoms with Gasteiger partial charge in [-0.3, -0.25) is 4.99 Å². The van der Waals surface area contributed by atoms with E-state index in [1.54, 1.807) is 13.3 Å². The first-order chi connectivity index (χ1) is 7.20. The number of hydrogen-bond donors (Lipinski definition) is 2. The predicted octanol–water partition coefficient (Wildman–Crippen LogP) is 1.57. The van der Waals surface area contributed by atoms with Crippen molar-refractivity contribution in [1.29, 1.82) is 0 Å². The van der Waals surface area contributed by atoms with Crippen LogP contribution in [0, 0.1) is 0 Å². The van der Waals surface area contributed by atoms with Crippen LogP contribution < -0.4 is 5.69 Å². The lowest BCUT2D eigenvalue weighted by Gasteiger charge is -1.98. The summed E-state index contributed by atoms with van der Waals surface area (Å²) in [5.41, 5.74) is 3.15. The van der Waals surface area contributed by atoms with E-state index in [4.69, 9.17) is 0 Å². The molecule has 2 rings (SSSR count). The number of nitrogens with one attached hydrogen (secondary N) is 2. The van der Waals surface area contributed by atoms with Crippen molar-refractivity contribution >= 4 is 22.8 Å². The van der Waals surface area contributed by atoms with E-state index in [2.05, 4.69) is 21.5 Å². The third kappa shape index (κ3) is 1.74. The minimum absolute atomic E-state index is 0.197. The first-order valence-electron chi connectivity index (χ1n) is 4.54. The summed E-state index contributed by atoms with van der Waals surface area (Å²) < 4.78 is 0. The topological polar surface area (TPSA) is 61.0 Å². The third-order valence-electron chi connectivity index (χ3n) is 2.17. The summed E-state index contributed by atoms with van der Waals surface area (Å²) in [5, 5.41) is 0. The van der Waals surface area contributed by atoms with Gasteiger partial charge < -0.3 is 9.97 Å². The monoisotopic (exact) mass is 201 g/mol. The highest BCUT2D eigenvalue weighted by atomic mass is 16.1. The van der Waals surface area contributed by atoms with Gasteiger partial charge >= 0.3 is 5.69 Å². The van der Waals surface area contributed by atoms with Crippen LogP contribution >= 0.6 is 0 Å². The number of fused-ring (bicyclic) bond motifs is 1. The molecule has 0 radical (unpaired) electrons. The first kappa shape index (κ1) is 9.45. The van der Waals surface area contributed by atoms with E-state index < -0.39 is 0 Å². The van der Waals surface area contributed by atoms with Crippen LogP contribution in [-0.2, 0) is 0 Å².